The van der Waals surface area contributed by atoms with Gasteiger partial charge in [0.25, 0.3) is 0 Å². The Morgan fingerprint density at radius 1 is 0.913 bits per heavy atom. The molecule has 0 bridgehead atoms. The summed E-state index contributed by atoms with van der Waals surface area (Å²) in [4.78, 5) is 0. The van der Waals surface area contributed by atoms with Crippen LogP contribution in [0.5, 0.6) is 11.5 Å². The van der Waals surface area contributed by atoms with Gasteiger partial charge in [-0.3, -0.25) is 0 Å². The third-order valence-electron chi connectivity index (χ3n) is 3.18. The fourth-order valence-electron chi connectivity index (χ4n) is 2.22. The van der Waals surface area contributed by atoms with Gasteiger partial charge in [0, 0.05) is 18.8 Å². The lowest BCUT2D eigenvalue weighted by Gasteiger charge is -2.13. The van der Waals surface area contributed by atoms with Crippen LogP contribution < -0.4 is 20.1 Å². The fourth-order valence-corrected chi connectivity index (χ4v) is 2.22. The second kappa shape index (κ2) is 8.93. The second-order valence-electron chi connectivity index (χ2n) is 5.47. The molecule has 0 saturated heterocycles. The molecular formula is C19H26N2O2. The normalized spacial score (nSPS) is 10.4. The summed E-state index contributed by atoms with van der Waals surface area (Å²) >= 11 is 0. The number of hydrogen-bond acceptors (Lipinski definition) is 4. The summed E-state index contributed by atoms with van der Waals surface area (Å²) in [6, 6.07) is 16.0. The molecule has 0 aliphatic carbocycles. The smallest absolute Gasteiger partial charge is 0.142 e. The minimum Gasteiger partial charge on any atom is -0.492 e. The zero-order valence-corrected chi connectivity index (χ0v) is 14.1. The zero-order chi connectivity index (χ0) is 16.5. The van der Waals surface area contributed by atoms with E-state index in [1.807, 2.05) is 69.3 Å². The maximum Gasteiger partial charge on any atom is 0.142 e. The Kier molecular flexibility index (Phi) is 6.60. The van der Waals surface area contributed by atoms with Crippen molar-refractivity contribution in [1.82, 2.24) is 0 Å². The van der Waals surface area contributed by atoms with Gasteiger partial charge in [0.15, 0.2) is 0 Å². The number of para-hydroxylation sites is 2. The predicted molar refractivity (Wildman–Crippen MR) is 96.8 cm³/mol. The van der Waals surface area contributed by atoms with Gasteiger partial charge in [-0.1, -0.05) is 12.1 Å². The monoisotopic (exact) mass is 314 g/mol. The molecule has 2 N–H and O–H groups in total. The molecule has 0 unspecified atom stereocenters. The van der Waals surface area contributed by atoms with Crippen LogP contribution in [0.2, 0.25) is 0 Å². The third-order valence-corrected chi connectivity index (χ3v) is 3.18. The van der Waals surface area contributed by atoms with Crippen molar-refractivity contribution in [2.24, 2.45) is 0 Å². The molecule has 0 radical (unpaired) electrons. The molecule has 0 saturated carbocycles. The van der Waals surface area contributed by atoms with E-state index in [4.69, 9.17) is 9.47 Å². The molecule has 23 heavy (non-hydrogen) atoms. The van der Waals surface area contributed by atoms with Crippen LogP contribution in [0.3, 0.4) is 0 Å². The molecule has 2 aromatic rings. The summed E-state index contributed by atoms with van der Waals surface area (Å²) in [6.07, 6.45) is 0.198. The molecule has 0 aliphatic heterocycles. The lowest BCUT2D eigenvalue weighted by molar-refractivity contribution is 0.242. The first kappa shape index (κ1) is 17.0. The predicted octanol–water partition coefficient (Wildman–Crippen LogP) is 4.40. The molecule has 0 heterocycles. The van der Waals surface area contributed by atoms with Gasteiger partial charge >= 0.3 is 0 Å². The average Bonchev–Trinajstić information content (AvgIpc) is 2.54. The van der Waals surface area contributed by atoms with Crippen LogP contribution in [0.15, 0.2) is 48.5 Å². The van der Waals surface area contributed by atoms with Crippen molar-refractivity contribution in [3.8, 4) is 11.5 Å². The van der Waals surface area contributed by atoms with Gasteiger partial charge in [-0.25, -0.2) is 0 Å². The van der Waals surface area contributed by atoms with Crippen molar-refractivity contribution in [2.75, 3.05) is 30.3 Å². The van der Waals surface area contributed by atoms with Gasteiger partial charge < -0.3 is 20.1 Å². The molecule has 0 amide bonds. The Labute approximate surface area is 138 Å². The van der Waals surface area contributed by atoms with Crippen LogP contribution in [0.25, 0.3) is 0 Å². The Bertz CT molecular complexity index is 582. The fraction of sp³-hybridized carbons (Fsp3) is 0.368. The van der Waals surface area contributed by atoms with Crippen LogP contribution >= 0.6 is 0 Å². The largest absolute Gasteiger partial charge is 0.492 e. The highest BCUT2D eigenvalue weighted by molar-refractivity contribution is 5.56. The lowest BCUT2D eigenvalue weighted by atomic mass is 10.3. The first-order chi connectivity index (χ1) is 11.2. The van der Waals surface area contributed by atoms with Crippen molar-refractivity contribution < 1.29 is 9.47 Å². The third kappa shape index (κ3) is 5.74. The van der Waals surface area contributed by atoms with Crippen molar-refractivity contribution in [3.05, 3.63) is 48.5 Å². The van der Waals surface area contributed by atoms with Gasteiger partial charge in [-0.2, -0.15) is 0 Å². The molecule has 0 atom stereocenters. The van der Waals surface area contributed by atoms with E-state index in [2.05, 4.69) is 10.6 Å². The number of rotatable bonds is 9. The van der Waals surface area contributed by atoms with E-state index < -0.39 is 0 Å². The molecule has 4 nitrogen and oxygen atoms in total. The van der Waals surface area contributed by atoms with Crippen LogP contribution in [-0.4, -0.2) is 25.8 Å². The average molecular weight is 314 g/mol. The Morgan fingerprint density at radius 2 is 1.61 bits per heavy atom. The molecular weight excluding hydrogens is 288 g/mol. The molecule has 2 aromatic carbocycles. The maximum absolute atomic E-state index is 5.63. The van der Waals surface area contributed by atoms with E-state index in [0.717, 1.165) is 36.0 Å². The first-order valence-electron chi connectivity index (χ1n) is 8.15. The van der Waals surface area contributed by atoms with E-state index in [0.29, 0.717) is 6.61 Å². The summed E-state index contributed by atoms with van der Waals surface area (Å²) < 4.78 is 11.2. The van der Waals surface area contributed by atoms with Gasteiger partial charge in [0.05, 0.1) is 18.4 Å². The van der Waals surface area contributed by atoms with Gasteiger partial charge in [0.1, 0.15) is 11.5 Å². The van der Waals surface area contributed by atoms with Crippen molar-refractivity contribution in [2.45, 2.75) is 26.9 Å². The van der Waals surface area contributed by atoms with Gasteiger partial charge in [-0.05, 0) is 57.2 Å². The van der Waals surface area contributed by atoms with Crippen LogP contribution in [0.4, 0.5) is 11.4 Å². The van der Waals surface area contributed by atoms with E-state index >= 15 is 0 Å². The molecule has 0 spiro atoms. The summed E-state index contributed by atoms with van der Waals surface area (Å²) in [7, 11) is 0. The quantitative estimate of drug-likeness (QED) is 0.673. The highest BCUT2D eigenvalue weighted by Gasteiger charge is 2.01. The van der Waals surface area contributed by atoms with Crippen molar-refractivity contribution in [1.29, 1.82) is 0 Å². The molecule has 4 heteroatoms. The van der Waals surface area contributed by atoms with E-state index in [-0.39, 0.29) is 6.10 Å². The molecule has 0 aliphatic rings. The number of ether oxygens (including phenoxy) is 2. The van der Waals surface area contributed by atoms with E-state index in [9.17, 15) is 0 Å². The highest BCUT2D eigenvalue weighted by atomic mass is 16.5. The summed E-state index contributed by atoms with van der Waals surface area (Å²) in [5, 5.41) is 6.78. The van der Waals surface area contributed by atoms with Crippen LogP contribution in [0, 0.1) is 0 Å². The zero-order valence-electron chi connectivity index (χ0n) is 14.1. The van der Waals surface area contributed by atoms with E-state index in [1.54, 1.807) is 0 Å². The number of benzene rings is 2. The molecule has 2 rings (SSSR count). The van der Waals surface area contributed by atoms with Crippen LogP contribution in [0.1, 0.15) is 20.8 Å². The Balaban J connectivity index is 1.77. The highest BCUT2D eigenvalue weighted by Crippen LogP contribution is 2.23. The second-order valence-corrected chi connectivity index (χ2v) is 5.47. The van der Waals surface area contributed by atoms with Gasteiger partial charge in [0.2, 0.25) is 0 Å². The topological polar surface area (TPSA) is 42.5 Å². The standard InChI is InChI=1S/C19H26N2O2/c1-4-22-19-8-6-5-7-18(19)21-14-13-20-16-9-11-17(12-10-16)23-15(2)3/h5-12,15,20-21H,4,13-14H2,1-3H3. The summed E-state index contributed by atoms with van der Waals surface area (Å²) in [6.45, 7) is 8.35. The van der Waals surface area contributed by atoms with Crippen LogP contribution in [-0.2, 0) is 0 Å². The van der Waals surface area contributed by atoms with Crippen molar-refractivity contribution in [3.63, 3.8) is 0 Å². The summed E-state index contributed by atoms with van der Waals surface area (Å²) in [5.41, 5.74) is 2.11. The number of hydrogen-bond donors (Lipinski definition) is 2. The first-order valence-corrected chi connectivity index (χ1v) is 8.15. The number of anilines is 2. The van der Waals surface area contributed by atoms with E-state index in [1.165, 1.54) is 0 Å². The molecule has 0 aromatic heterocycles. The Morgan fingerprint density at radius 3 is 2.30 bits per heavy atom. The van der Waals surface area contributed by atoms with Gasteiger partial charge in [-0.15, -0.1) is 0 Å². The minimum absolute atomic E-state index is 0.198. The lowest BCUT2D eigenvalue weighted by Crippen LogP contribution is -2.14. The Hall–Kier alpha value is -2.36. The molecule has 0 fully saturated rings. The van der Waals surface area contributed by atoms with Crippen molar-refractivity contribution >= 4 is 11.4 Å². The summed E-state index contributed by atoms with van der Waals surface area (Å²) in [5.74, 6) is 1.79. The molecule has 124 valence electrons. The minimum atomic E-state index is 0.198. The SMILES string of the molecule is CCOc1ccccc1NCCNc1ccc(OC(C)C)cc1. The maximum atomic E-state index is 5.63. The number of nitrogens with one attached hydrogen (secondary N) is 2.